The lowest BCUT2D eigenvalue weighted by atomic mass is 10.0. The molecule has 1 N–H and O–H groups in total. The van der Waals surface area contributed by atoms with Crippen molar-refractivity contribution in [3.8, 4) is 0 Å². The van der Waals surface area contributed by atoms with E-state index in [1.807, 2.05) is 0 Å². The van der Waals surface area contributed by atoms with Gasteiger partial charge in [0.25, 0.3) is 0 Å². The van der Waals surface area contributed by atoms with E-state index in [0.29, 0.717) is 12.1 Å². The molecule has 0 bridgehead atoms. The Morgan fingerprint density at radius 2 is 1.67 bits per heavy atom. The van der Waals surface area contributed by atoms with Gasteiger partial charge in [0.1, 0.15) is 0 Å². The largest absolute Gasteiger partial charge is 0.311 e. The highest BCUT2D eigenvalue weighted by Gasteiger charge is 2.11. The van der Waals surface area contributed by atoms with Crippen LogP contribution in [0, 0.1) is 5.92 Å². The van der Waals surface area contributed by atoms with Crippen molar-refractivity contribution in [3.05, 3.63) is 35.9 Å². The van der Waals surface area contributed by atoms with Crippen molar-refractivity contribution in [1.29, 1.82) is 0 Å². The molecule has 0 saturated heterocycles. The van der Waals surface area contributed by atoms with Crippen LogP contribution < -0.4 is 5.32 Å². The van der Waals surface area contributed by atoms with Crippen LogP contribution in [0.15, 0.2) is 30.3 Å². The predicted octanol–water partition coefficient (Wildman–Crippen LogP) is 4.42. The third-order valence-corrected chi connectivity index (χ3v) is 3.51. The summed E-state index contributed by atoms with van der Waals surface area (Å²) in [4.78, 5) is 0. The SMILES string of the molecule is CCC(Cc1ccccc1)NC(C)CCC(C)C. The topological polar surface area (TPSA) is 12.0 Å². The maximum absolute atomic E-state index is 3.77. The van der Waals surface area contributed by atoms with Crippen LogP contribution in [0.5, 0.6) is 0 Å². The minimum Gasteiger partial charge on any atom is -0.311 e. The van der Waals surface area contributed by atoms with E-state index in [4.69, 9.17) is 0 Å². The van der Waals surface area contributed by atoms with Crippen molar-refractivity contribution in [1.82, 2.24) is 5.32 Å². The van der Waals surface area contributed by atoms with Gasteiger partial charge in [-0.15, -0.1) is 0 Å². The average Bonchev–Trinajstić information content (AvgIpc) is 2.37. The molecule has 0 radical (unpaired) electrons. The van der Waals surface area contributed by atoms with Crippen LogP contribution in [-0.2, 0) is 6.42 Å². The lowest BCUT2D eigenvalue weighted by Gasteiger charge is -2.23. The first kappa shape index (κ1) is 15.2. The van der Waals surface area contributed by atoms with E-state index in [-0.39, 0.29) is 0 Å². The van der Waals surface area contributed by atoms with Gasteiger partial charge in [0.05, 0.1) is 0 Å². The summed E-state index contributed by atoms with van der Waals surface area (Å²) in [5, 5.41) is 3.77. The summed E-state index contributed by atoms with van der Waals surface area (Å²) in [6, 6.07) is 12.0. The number of hydrogen-bond acceptors (Lipinski definition) is 1. The lowest BCUT2D eigenvalue weighted by Crippen LogP contribution is -2.37. The molecule has 1 heteroatoms. The zero-order valence-electron chi connectivity index (χ0n) is 12.4. The van der Waals surface area contributed by atoms with E-state index in [2.05, 4.69) is 63.3 Å². The van der Waals surface area contributed by atoms with Crippen molar-refractivity contribution in [2.75, 3.05) is 0 Å². The second-order valence-corrected chi connectivity index (χ2v) is 5.83. The molecule has 102 valence electrons. The van der Waals surface area contributed by atoms with Gasteiger partial charge in [-0.3, -0.25) is 0 Å². The third kappa shape index (κ3) is 6.20. The Bertz CT molecular complexity index is 305. The molecule has 0 aliphatic heterocycles. The summed E-state index contributed by atoms with van der Waals surface area (Å²) in [5.74, 6) is 0.809. The van der Waals surface area contributed by atoms with Gasteiger partial charge in [0.15, 0.2) is 0 Å². The normalized spacial score (nSPS) is 14.7. The Labute approximate surface area is 113 Å². The molecule has 0 amide bonds. The molecule has 0 aliphatic rings. The molecule has 0 aliphatic carbocycles. The van der Waals surface area contributed by atoms with Gasteiger partial charge in [0, 0.05) is 12.1 Å². The molecule has 2 atom stereocenters. The van der Waals surface area contributed by atoms with Gasteiger partial charge >= 0.3 is 0 Å². The highest BCUT2D eigenvalue weighted by Crippen LogP contribution is 2.10. The lowest BCUT2D eigenvalue weighted by molar-refractivity contribution is 0.390. The molecule has 18 heavy (non-hydrogen) atoms. The fourth-order valence-electron chi connectivity index (χ4n) is 2.29. The predicted molar refractivity (Wildman–Crippen MR) is 80.9 cm³/mol. The van der Waals surface area contributed by atoms with Gasteiger partial charge in [-0.05, 0) is 44.1 Å². The summed E-state index contributed by atoms with van der Waals surface area (Å²) in [6.45, 7) is 9.19. The zero-order chi connectivity index (χ0) is 13.4. The van der Waals surface area contributed by atoms with E-state index in [9.17, 15) is 0 Å². The monoisotopic (exact) mass is 247 g/mol. The first-order valence-corrected chi connectivity index (χ1v) is 7.41. The molecule has 0 aromatic heterocycles. The fourth-order valence-corrected chi connectivity index (χ4v) is 2.29. The van der Waals surface area contributed by atoms with Crippen molar-refractivity contribution in [2.24, 2.45) is 5.92 Å². The highest BCUT2D eigenvalue weighted by atomic mass is 14.9. The number of hydrogen-bond donors (Lipinski definition) is 1. The van der Waals surface area contributed by atoms with Crippen LogP contribution in [0.1, 0.15) is 52.5 Å². The molecule has 0 spiro atoms. The van der Waals surface area contributed by atoms with Gasteiger partial charge in [-0.25, -0.2) is 0 Å². The van der Waals surface area contributed by atoms with E-state index in [0.717, 1.165) is 12.3 Å². The van der Waals surface area contributed by atoms with Crippen LogP contribution >= 0.6 is 0 Å². The quantitative estimate of drug-likeness (QED) is 0.717. The smallest absolute Gasteiger partial charge is 0.0107 e. The molecule has 1 aromatic rings. The van der Waals surface area contributed by atoms with Crippen molar-refractivity contribution < 1.29 is 0 Å². The van der Waals surface area contributed by atoms with Crippen molar-refractivity contribution >= 4 is 0 Å². The summed E-state index contributed by atoms with van der Waals surface area (Å²) in [5.41, 5.74) is 1.44. The minimum absolute atomic E-state index is 0.606. The maximum Gasteiger partial charge on any atom is 0.0107 e. The number of benzene rings is 1. The first-order valence-electron chi connectivity index (χ1n) is 7.41. The summed E-state index contributed by atoms with van der Waals surface area (Å²) < 4.78 is 0. The highest BCUT2D eigenvalue weighted by molar-refractivity contribution is 5.15. The third-order valence-electron chi connectivity index (χ3n) is 3.51. The van der Waals surface area contributed by atoms with Crippen molar-refractivity contribution in [2.45, 2.75) is 65.5 Å². The molecular weight excluding hydrogens is 218 g/mol. The Balaban J connectivity index is 2.37. The van der Waals surface area contributed by atoms with Crippen LogP contribution in [0.4, 0.5) is 0 Å². The standard InChI is InChI=1S/C17H29N/c1-5-17(13-16-9-7-6-8-10-16)18-15(4)12-11-14(2)3/h6-10,14-15,17-18H,5,11-13H2,1-4H3. The van der Waals surface area contributed by atoms with Gasteiger partial charge in [-0.2, -0.15) is 0 Å². The van der Waals surface area contributed by atoms with Crippen LogP contribution in [0.25, 0.3) is 0 Å². The Morgan fingerprint density at radius 3 is 2.22 bits per heavy atom. The second kappa shape index (κ2) is 8.31. The number of rotatable bonds is 8. The Hall–Kier alpha value is -0.820. The molecule has 1 aromatic carbocycles. The first-order chi connectivity index (χ1) is 8.61. The molecule has 1 nitrogen and oxygen atoms in total. The molecule has 0 saturated carbocycles. The van der Waals surface area contributed by atoms with E-state index >= 15 is 0 Å². The van der Waals surface area contributed by atoms with Crippen molar-refractivity contribution in [3.63, 3.8) is 0 Å². The molecular formula is C17H29N. The Morgan fingerprint density at radius 1 is 1.00 bits per heavy atom. The minimum atomic E-state index is 0.606. The van der Waals surface area contributed by atoms with Crippen LogP contribution in [0.2, 0.25) is 0 Å². The van der Waals surface area contributed by atoms with Crippen LogP contribution in [0.3, 0.4) is 0 Å². The molecule has 2 unspecified atom stereocenters. The Kier molecular flexibility index (Phi) is 7.04. The van der Waals surface area contributed by atoms with E-state index < -0.39 is 0 Å². The van der Waals surface area contributed by atoms with E-state index in [1.54, 1.807) is 0 Å². The molecule has 0 fully saturated rings. The van der Waals surface area contributed by atoms with Gasteiger partial charge in [-0.1, -0.05) is 51.1 Å². The maximum atomic E-state index is 3.77. The fraction of sp³-hybridized carbons (Fsp3) is 0.647. The van der Waals surface area contributed by atoms with Crippen LogP contribution in [-0.4, -0.2) is 12.1 Å². The summed E-state index contributed by atoms with van der Waals surface area (Å²) >= 11 is 0. The zero-order valence-corrected chi connectivity index (χ0v) is 12.4. The summed E-state index contributed by atoms with van der Waals surface area (Å²) in [7, 11) is 0. The second-order valence-electron chi connectivity index (χ2n) is 5.83. The molecule has 1 rings (SSSR count). The molecule has 0 heterocycles. The average molecular weight is 247 g/mol. The van der Waals surface area contributed by atoms with Gasteiger partial charge in [0.2, 0.25) is 0 Å². The van der Waals surface area contributed by atoms with Gasteiger partial charge < -0.3 is 5.32 Å². The number of nitrogens with one attached hydrogen (secondary N) is 1. The van der Waals surface area contributed by atoms with E-state index in [1.165, 1.54) is 24.8 Å². The summed E-state index contributed by atoms with van der Waals surface area (Å²) in [6.07, 6.45) is 4.93.